The SMILES string of the molecule is FCc1ccccc1C1CCNC1. The molecule has 1 aliphatic rings. The number of hydrogen-bond donors (Lipinski definition) is 1. The second kappa shape index (κ2) is 3.88. The molecular weight excluding hydrogens is 165 g/mol. The van der Waals surface area contributed by atoms with Crippen LogP contribution in [0.25, 0.3) is 0 Å². The molecule has 1 nitrogen and oxygen atoms in total. The quantitative estimate of drug-likeness (QED) is 0.734. The smallest absolute Gasteiger partial charge is 0.115 e. The van der Waals surface area contributed by atoms with Gasteiger partial charge in [0.15, 0.2) is 0 Å². The van der Waals surface area contributed by atoms with Crippen molar-refractivity contribution >= 4 is 0 Å². The van der Waals surface area contributed by atoms with Crippen LogP contribution in [-0.2, 0) is 6.67 Å². The molecular formula is C11H14FN. The minimum Gasteiger partial charge on any atom is -0.316 e. The van der Waals surface area contributed by atoms with Gasteiger partial charge in [0.25, 0.3) is 0 Å². The molecule has 70 valence electrons. The minimum absolute atomic E-state index is 0.341. The first-order valence-electron chi connectivity index (χ1n) is 4.76. The van der Waals surface area contributed by atoms with Gasteiger partial charge in [0.05, 0.1) is 0 Å². The largest absolute Gasteiger partial charge is 0.316 e. The van der Waals surface area contributed by atoms with Gasteiger partial charge >= 0.3 is 0 Å². The van der Waals surface area contributed by atoms with Gasteiger partial charge in [0, 0.05) is 6.54 Å². The van der Waals surface area contributed by atoms with Gasteiger partial charge < -0.3 is 5.32 Å². The third kappa shape index (κ3) is 1.73. The van der Waals surface area contributed by atoms with E-state index in [4.69, 9.17) is 0 Å². The summed E-state index contributed by atoms with van der Waals surface area (Å²) in [7, 11) is 0. The van der Waals surface area contributed by atoms with Crippen LogP contribution < -0.4 is 5.32 Å². The second-order valence-corrected chi connectivity index (χ2v) is 3.52. The summed E-state index contributed by atoms with van der Waals surface area (Å²) in [5.41, 5.74) is 2.05. The van der Waals surface area contributed by atoms with Crippen molar-refractivity contribution in [3.8, 4) is 0 Å². The molecule has 1 saturated heterocycles. The van der Waals surface area contributed by atoms with Gasteiger partial charge in [-0.25, -0.2) is 4.39 Å². The zero-order chi connectivity index (χ0) is 9.10. The number of halogens is 1. The third-order valence-electron chi connectivity index (χ3n) is 2.70. The fourth-order valence-corrected chi connectivity index (χ4v) is 1.97. The lowest BCUT2D eigenvalue weighted by molar-refractivity contribution is 0.480. The van der Waals surface area contributed by atoms with E-state index in [1.54, 1.807) is 0 Å². The summed E-state index contributed by atoms with van der Waals surface area (Å²) in [5, 5.41) is 3.30. The fraction of sp³-hybridized carbons (Fsp3) is 0.455. The molecule has 1 heterocycles. The van der Waals surface area contributed by atoms with Crippen molar-refractivity contribution < 1.29 is 4.39 Å². The first kappa shape index (κ1) is 8.70. The molecule has 13 heavy (non-hydrogen) atoms. The van der Waals surface area contributed by atoms with Crippen molar-refractivity contribution in [1.29, 1.82) is 0 Å². The Kier molecular flexibility index (Phi) is 2.60. The molecule has 0 bridgehead atoms. The summed E-state index contributed by atoms with van der Waals surface area (Å²) in [6, 6.07) is 7.83. The summed E-state index contributed by atoms with van der Waals surface area (Å²) >= 11 is 0. The molecule has 1 fully saturated rings. The van der Waals surface area contributed by atoms with Crippen molar-refractivity contribution in [2.24, 2.45) is 0 Å². The molecule has 0 saturated carbocycles. The summed E-state index contributed by atoms with van der Waals surface area (Å²) in [6.07, 6.45) is 1.14. The monoisotopic (exact) mass is 179 g/mol. The molecule has 0 radical (unpaired) electrons. The molecule has 0 aliphatic carbocycles. The Morgan fingerprint density at radius 2 is 2.23 bits per heavy atom. The van der Waals surface area contributed by atoms with Gasteiger partial charge in [-0.2, -0.15) is 0 Å². The first-order chi connectivity index (χ1) is 6.42. The molecule has 0 spiro atoms. The van der Waals surface area contributed by atoms with Gasteiger partial charge in [0.2, 0.25) is 0 Å². The molecule has 2 rings (SSSR count). The van der Waals surface area contributed by atoms with E-state index in [1.165, 1.54) is 5.56 Å². The van der Waals surface area contributed by atoms with Crippen LogP contribution in [0, 0.1) is 0 Å². The van der Waals surface area contributed by atoms with Crippen LogP contribution >= 0.6 is 0 Å². The van der Waals surface area contributed by atoms with Crippen LogP contribution in [0.2, 0.25) is 0 Å². The lowest BCUT2D eigenvalue weighted by Crippen LogP contribution is -2.09. The Morgan fingerprint density at radius 3 is 2.92 bits per heavy atom. The van der Waals surface area contributed by atoms with Crippen molar-refractivity contribution in [2.45, 2.75) is 19.0 Å². The molecule has 2 heteroatoms. The molecule has 0 amide bonds. The van der Waals surface area contributed by atoms with E-state index in [9.17, 15) is 4.39 Å². The summed E-state index contributed by atoms with van der Waals surface area (Å²) < 4.78 is 12.6. The number of benzene rings is 1. The Balaban J connectivity index is 2.26. The maximum absolute atomic E-state index is 12.6. The highest BCUT2D eigenvalue weighted by molar-refractivity contribution is 5.30. The van der Waals surface area contributed by atoms with Gasteiger partial charge in [-0.1, -0.05) is 24.3 Å². The van der Waals surface area contributed by atoms with E-state index in [1.807, 2.05) is 24.3 Å². The van der Waals surface area contributed by atoms with E-state index in [-0.39, 0.29) is 6.67 Å². The van der Waals surface area contributed by atoms with Crippen LogP contribution in [0.5, 0.6) is 0 Å². The number of nitrogens with one attached hydrogen (secondary N) is 1. The Morgan fingerprint density at radius 1 is 1.38 bits per heavy atom. The maximum atomic E-state index is 12.6. The molecule has 1 aromatic rings. The average Bonchev–Trinajstić information content (AvgIpc) is 2.70. The van der Waals surface area contributed by atoms with Crippen LogP contribution in [0.3, 0.4) is 0 Å². The normalized spacial score (nSPS) is 22.1. The Labute approximate surface area is 78.0 Å². The predicted molar refractivity (Wildman–Crippen MR) is 51.5 cm³/mol. The third-order valence-corrected chi connectivity index (χ3v) is 2.70. The molecule has 1 aromatic carbocycles. The molecule has 0 aromatic heterocycles. The number of hydrogen-bond acceptors (Lipinski definition) is 1. The van der Waals surface area contributed by atoms with Crippen LogP contribution in [0.4, 0.5) is 4.39 Å². The summed E-state index contributed by atoms with van der Waals surface area (Å²) in [5.74, 6) is 0.520. The van der Waals surface area contributed by atoms with Crippen molar-refractivity contribution in [1.82, 2.24) is 5.32 Å². The van der Waals surface area contributed by atoms with Crippen LogP contribution in [0.1, 0.15) is 23.5 Å². The van der Waals surface area contributed by atoms with Gasteiger partial charge in [-0.15, -0.1) is 0 Å². The van der Waals surface area contributed by atoms with Crippen LogP contribution in [-0.4, -0.2) is 13.1 Å². The Bertz CT molecular complexity index is 279. The van der Waals surface area contributed by atoms with E-state index in [2.05, 4.69) is 5.32 Å². The van der Waals surface area contributed by atoms with Crippen LogP contribution in [0.15, 0.2) is 24.3 Å². The fourth-order valence-electron chi connectivity index (χ4n) is 1.97. The molecule has 1 aliphatic heterocycles. The molecule has 1 unspecified atom stereocenters. The molecule has 1 atom stereocenters. The number of alkyl halides is 1. The highest BCUT2D eigenvalue weighted by atomic mass is 19.1. The summed E-state index contributed by atoms with van der Waals surface area (Å²) in [6.45, 7) is 1.72. The minimum atomic E-state index is -0.341. The lowest BCUT2D eigenvalue weighted by Gasteiger charge is -2.12. The van der Waals surface area contributed by atoms with Crippen molar-refractivity contribution in [2.75, 3.05) is 13.1 Å². The zero-order valence-corrected chi connectivity index (χ0v) is 7.59. The van der Waals surface area contributed by atoms with Crippen molar-refractivity contribution in [3.05, 3.63) is 35.4 Å². The second-order valence-electron chi connectivity index (χ2n) is 3.52. The molecule has 1 N–H and O–H groups in total. The van der Waals surface area contributed by atoms with E-state index >= 15 is 0 Å². The highest BCUT2D eigenvalue weighted by Gasteiger charge is 2.18. The standard InChI is InChI=1S/C11H14FN/c12-7-9-3-1-2-4-11(9)10-5-6-13-8-10/h1-4,10,13H,5-8H2. The maximum Gasteiger partial charge on any atom is 0.115 e. The number of rotatable bonds is 2. The Hall–Kier alpha value is -0.890. The predicted octanol–water partition coefficient (Wildman–Crippen LogP) is 2.23. The highest BCUT2D eigenvalue weighted by Crippen LogP contribution is 2.25. The van der Waals surface area contributed by atoms with Gasteiger partial charge in [-0.05, 0) is 30.0 Å². The van der Waals surface area contributed by atoms with Crippen molar-refractivity contribution in [3.63, 3.8) is 0 Å². The van der Waals surface area contributed by atoms with E-state index < -0.39 is 0 Å². The van der Waals surface area contributed by atoms with Gasteiger partial charge in [-0.3, -0.25) is 0 Å². The van der Waals surface area contributed by atoms with Gasteiger partial charge in [0.1, 0.15) is 6.67 Å². The zero-order valence-electron chi connectivity index (χ0n) is 7.59. The topological polar surface area (TPSA) is 12.0 Å². The van der Waals surface area contributed by atoms with E-state index in [0.29, 0.717) is 5.92 Å². The average molecular weight is 179 g/mol. The lowest BCUT2D eigenvalue weighted by atomic mass is 9.94. The summed E-state index contributed by atoms with van der Waals surface area (Å²) in [4.78, 5) is 0. The van der Waals surface area contributed by atoms with E-state index in [0.717, 1.165) is 25.1 Å². The first-order valence-corrected chi connectivity index (χ1v) is 4.76.